The maximum absolute atomic E-state index is 9.05. The van der Waals surface area contributed by atoms with Gasteiger partial charge in [-0.25, -0.2) is 0 Å². The van der Waals surface area contributed by atoms with Crippen LogP contribution in [-0.4, -0.2) is 64.4 Å². The van der Waals surface area contributed by atoms with Crippen LogP contribution in [0.25, 0.3) is 0 Å². The molecule has 0 bridgehead atoms. The van der Waals surface area contributed by atoms with Gasteiger partial charge in [0.25, 0.3) is 0 Å². The minimum absolute atomic E-state index is 0. The minimum Gasteiger partial charge on any atom is 0 e. The molecule has 3 nitrogen and oxygen atoms in total. The molecule has 0 unspecified atom stereocenters. The van der Waals surface area contributed by atoms with Crippen LogP contribution in [0.3, 0.4) is 0 Å². The first-order valence-corrected chi connectivity index (χ1v) is 3.19. The summed E-state index contributed by atoms with van der Waals surface area (Å²) in [6, 6.07) is 0. The van der Waals surface area contributed by atoms with Gasteiger partial charge in [-0.15, -0.1) is 0 Å². The SMILES string of the molecule is O=S(=O)(O)S.[KH].[Zn]. The molecule has 0 spiro atoms. The van der Waals surface area contributed by atoms with E-state index < -0.39 is 9.15 Å². The minimum atomic E-state index is -3.97. The summed E-state index contributed by atoms with van der Waals surface area (Å²) in [6.07, 6.45) is 0. The molecule has 7 heteroatoms. The Bertz CT molecular complexity index is 96.1. The Balaban J connectivity index is -0.0000000800. The number of hydrogen-bond donors (Lipinski definition) is 2. The largest absolute Gasteiger partial charge is 0 e. The summed E-state index contributed by atoms with van der Waals surface area (Å²) in [5, 5.41) is 0. The fourth-order valence-corrected chi connectivity index (χ4v) is 0. The van der Waals surface area contributed by atoms with Crippen LogP contribution >= 0.6 is 11.7 Å². The summed E-state index contributed by atoms with van der Waals surface area (Å²) < 4.78 is 25.5. The zero-order chi connectivity index (χ0) is 4.50. The van der Waals surface area contributed by atoms with Gasteiger partial charge in [0.2, 0.25) is 0 Å². The fraction of sp³-hybridized carbons (Fsp3) is 0. The molecule has 0 heterocycles. The van der Waals surface area contributed by atoms with Crippen LogP contribution in [0.5, 0.6) is 0 Å². The van der Waals surface area contributed by atoms with Crippen molar-refractivity contribution in [2.24, 2.45) is 0 Å². The fourth-order valence-electron chi connectivity index (χ4n) is 0. The molecule has 0 radical (unpaired) electrons. The van der Waals surface area contributed by atoms with E-state index in [1.807, 2.05) is 0 Å². The molecule has 1 N–H and O–H groups in total. The van der Waals surface area contributed by atoms with Crippen molar-refractivity contribution in [1.29, 1.82) is 0 Å². The number of hydrogen-bond acceptors (Lipinski definition) is 2. The molecule has 7 heavy (non-hydrogen) atoms. The van der Waals surface area contributed by atoms with Gasteiger partial charge in [0, 0.05) is 19.5 Å². The first-order chi connectivity index (χ1) is 2.00. The maximum Gasteiger partial charge on any atom is 0 e. The topological polar surface area (TPSA) is 54.4 Å². The Labute approximate surface area is 102 Å². The second-order valence-corrected chi connectivity index (χ2v) is 2.73. The molecule has 0 aromatic heterocycles. The van der Waals surface area contributed by atoms with Crippen molar-refractivity contribution in [3.8, 4) is 0 Å². The molecule has 0 aromatic carbocycles. The number of thiol groups is 1. The maximum atomic E-state index is 9.05. The third-order valence-electron chi connectivity index (χ3n) is 0. The van der Waals surface area contributed by atoms with Crippen molar-refractivity contribution in [2.75, 3.05) is 0 Å². The average molecular weight is 220 g/mol. The first-order valence-electron chi connectivity index (χ1n) is 0.698. The van der Waals surface area contributed by atoms with E-state index in [1.54, 1.807) is 0 Å². The molecule has 0 amide bonds. The second-order valence-electron chi connectivity index (χ2n) is 0.448. The summed E-state index contributed by atoms with van der Waals surface area (Å²) in [5.74, 6) is 0. The third-order valence-corrected chi connectivity index (χ3v) is 0. The van der Waals surface area contributed by atoms with Crippen molar-refractivity contribution in [3.05, 3.63) is 0 Å². The van der Waals surface area contributed by atoms with Crippen LogP contribution < -0.4 is 0 Å². The Morgan fingerprint density at radius 1 is 1.43 bits per heavy atom. The van der Waals surface area contributed by atoms with Crippen molar-refractivity contribution in [2.45, 2.75) is 0 Å². The zero-order valence-electron chi connectivity index (χ0n) is 2.83. The third kappa shape index (κ3) is 57.0. The van der Waals surface area contributed by atoms with Gasteiger partial charge in [0.1, 0.15) is 0 Å². The van der Waals surface area contributed by atoms with E-state index in [0.29, 0.717) is 0 Å². The molecular formula is H3KO3S2Zn. The van der Waals surface area contributed by atoms with E-state index in [4.69, 9.17) is 13.0 Å². The first kappa shape index (κ1) is 16.3. The predicted octanol–water partition coefficient (Wildman–Crippen LogP) is -0.932. The van der Waals surface area contributed by atoms with Crippen molar-refractivity contribution >= 4 is 72.2 Å². The molecular weight excluding hydrogens is 217 g/mol. The Kier molecular flexibility index (Phi) is 15.4. The summed E-state index contributed by atoms with van der Waals surface area (Å²) in [5.41, 5.74) is 0. The van der Waals surface area contributed by atoms with Crippen LogP contribution in [-0.2, 0) is 28.6 Å². The Hall–Kier alpha value is 2.52. The molecule has 0 aliphatic carbocycles. The number of rotatable bonds is 0. The van der Waals surface area contributed by atoms with Gasteiger partial charge in [-0.3, -0.25) is 4.55 Å². The van der Waals surface area contributed by atoms with Gasteiger partial charge >= 0.3 is 60.5 Å². The van der Waals surface area contributed by atoms with E-state index in [0.717, 1.165) is 0 Å². The van der Waals surface area contributed by atoms with Crippen LogP contribution in [0.2, 0.25) is 0 Å². The summed E-state index contributed by atoms with van der Waals surface area (Å²) in [4.78, 5) is 0. The smallest absolute Gasteiger partial charge is 0 e. The van der Waals surface area contributed by atoms with Gasteiger partial charge in [-0.2, -0.15) is 8.42 Å². The van der Waals surface area contributed by atoms with E-state index in [2.05, 4.69) is 11.7 Å². The van der Waals surface area contributed by atoms with E-state index >= 15 is 0 Å². The summed E-state index contributed by atoms with van der Waals surface area (Å²) in [6.45, 7) is 0. The van der Waals surface area contributed by atoms with Crippen LogP contribution in [0.4, 0.5) is 0 Å². The molecule has 0 aliphatic heterocycles. The van der Waals surface area contributed by atoms with Crippen molar-refractivity contribution in [3.63, 3.8) is 0 Å². The Morgan fingerprint density at radius 3 is 1.43 bits per heavy atom. The average Bonchev–Trinajstić information content (AvgIpc) is 0.722. The van der Waals surface area contributed by atoms with Gasteiger partial charge in [-0.1, -0.05) is 0 Å². The second kappa shape index (κ2) is 6.64. The van der Waals surface area contributed by atoms with Crippen LogP contribution in [0.15, 0.2) is 0 Å². The molecule has 0 saturated carbocycles. The van der Waals surface area contributed by atoms with E-state index in [-0.39, 0.29) is 70.9 Å². The monoisotopic (exact) mass is 218 g/mol. The Morgan fingerprint density at radius 2 is 1.43 bits per heavy atom. The summed E-state index contributed by atoms with van der Waals surface area (Å²) >= 11 is 2.65. The van der Waals surface area contributed by atoms with Crippen molar-refractivity contribution in [1.82, 2.24) is 0 Å². The molecule has 36 valence electrons. The molecule has 0 atom stereocenters. The standard InChI is InChI=1S/K.H2O3S2.Zn.H/c;1-5(2,3)4;;/h;(H2,1,2,3,4);;. The van der Waals surface area contributed by atoms with Crippen LogP contribution in [0, 0.1) is 0 Å². The zero-order valence-corrected chi connectivity index (χ0v) is 7.50. The molecule has 0 aromatic rings. The van der Waals surface area contributed by atoms with Gasteiger partial charge in [0.15, 0.2) is 0 Å². The molecule has 0 rings (SSSR count). The van der Waals surface area contributed by atoms with Crippen molar-refractivity contribution < 1.29 is 32.4 Å². The quantitative estimate of drug-likeness (QED) is 0.240. The van der Waals surface area contributed by atoms with Gasteiger partial charge in [0.05, 0.1) is 0 Å². The van der Waals surface area contributed by atoms with Gasteiger partial charge in [-0.05, 0) is 11.7 Å². The van der Waals surface area contributed by atoms with E-state index in [1.165, 1.54) is 0 Å². The molecule has 0 aliphatic rings. The van der Waals surface area contributed by atoms with Gasteiger partial charge < -0.3 is 0 Å². The molecule has 0 fully saturated rings. The summed E-state index contributed by atoms with van der Waals surface area (Å²) in [7, 11) is -3.97. The molecule has 0 saturated heterocycles. The van der Waals surface area contributed by atoms with E-state index in [9.17, 15) is 0 Å². The normalized spacial score (nSPS) is 8.29. The predicted molar refractivity (Wildman–Crippen MR) is 27.7 cm³/mol. The van der Waals surface area contributed by atoms with Crippen LogP contribution in [0.1, 0.15) is 0 Å².